The summed E-state index contributed by atoms with van der Waals surface area (Å²) in [6.45, 7) is 0.490. The van der Waals surface area contributed by atoms with Crippen LogP contribution in [-0.2, 0) is 11.2 Å². The van der Waals surface area contributed by atoms with E-state index in [1.54, 1.807) is 24.4 Å². The van der Waals surface area contributed by atoms with Crippen LogP contribution in [-0.4, -0.2) is 17.4 Å². The summed E-state index contributed by atoms with van der Waals surface area (Å²) in [6.07, 6.45) is 3.18. The average Bonchev–Trinajstić information content (AvgIpc) is 2.86. The number of carbonyl (C=O) groups excluding carboxylic acids is 1. The number of rotatable bonds is 6. The van der Waals surface area contributed by atoms with Crippen molar-refractivity contribution in [2.75, 3.05) is 11.9 Å². The molecule has 3 N–H and O–H groups in total. The Morgan fingerprint density at radius 2 is 2.14 bits per heavy atom. The van der Waals surface area contributed by atoms with E-state index in [2.05, 4.69) is 10.3 Å². The van der Waals surface area contributed by atoms with E-state index in [4.69, 9.17) is 5.73 Å². The number of thiazole rings is 1. The Labute approximate surface area is 133 Å². The molecule has 1 aromatic carbocycles. The Hall–Kier alpha value is -1.50. The summed E-state index contributed by atoms with van der Waals surface area (Å²) in [5.41, 5.74) is 5.97. The molecule has 0 aliphatic heterocycles. The van der Waals surface area contributed by atoms with Crippen molar-refractivity contribution >= 4 is 34.8 Å². The molecule has 0 atom stereocenters. The van der Waals surface area contributed by atoms with Crippen LogP contribution in [0.3, 0.4) is 0 Å². The molecule has 2 aromatic rings. The van der Waals surface area contributed by atoms with Crippen LogP contribution < -0.4 is 11.1 Å². The topological polar surface area (TPSA) is 68.0 Å². The second-order valence-electron chi connectivity index (χ2n) is 4.34. The zero-order valence-corrected chi connectivity index (χ0v) is 13.0. The largest absolute Gasteiger partial charge is 0.330 e. The van der Waals surface area contributed by atoms with Crippen LogP contribution in [0.15, 0.2) is 30.5 Å². The van der Waals surface area contributed by atoms with Crippen LogP contribution in [0.25, 0.3) is 0 Å². The summed E-state index contributed by atoms with van der Waals surface area (Å²) >= 11 is 1.36. The van der Waals surface area contributed by atoms with Crippen molar-refractivity contribution in [1.29, 1.82) is 0 Å². The van der Waals surface area contributed by atoms with Crippen molar-refractivity contribution in [3.63, 3.8) is 0 Å². The first kappa shape index (κ1) is 17.6. The van der Waals surface area contributed by atoms with Gasteiger partial charge in [-0.3, -0.25) is 4.79 Å². The molecule has 7 heteroatoms. The number of nitrogens with two attached hydrogens (primary N) is 1. The first-order valence-corrected chi connectivity index (χ1v) is 7.18. The molecule has 0 saturated heterocycles. The number of halogens is 2. The molecule has 0 aliphatic rings. The number of nitrogens with zero attached hydrogens (tertiary/aromatic N) is 1. The van der Waals surface area contributed by atoms with Gasteiger partial charge in [0.05, 0.1) is 0 Å². The van der Waals surface area contributed by atoms with Crippen LogP contribution in [0.1, 0.15) is 23.3 Å². The molecule has 21 heavy (non-hydrogen) atoms. The van der Waals surface area contributed by atoms with E-state index in [1.165, 1.54) is 17.4 Å². The van der Waals surface area contributed by atoms with Gasteiger partial charge < -0.3 is 11.1 Å². The van der Waals surface area contributed by atoms with E-state index in [0.717, 1.165) is 4.88 Å². The van der Waals surface area contributed by atoms with Gasteiger partial charge in [-0.1, -0.05) is 18.2 Å². The number of hydrogen-bond donors (Lipinski definition) is 2. The van der Waals surface area contributed by atoms with Crippen molar-refractivity contribution < 1.29 is 9.18 Å². The van der Waals surface area contributed by atoms with Crippen molar-refractivity contribution in [3.05, 3.63) is 46.7 Å². The van der Waals surface area contributed by atoms with E-state index < -0.39 is 0 Å². The smallest absolute Gasteiger partial charge is 0.226 e. The molecule has 1 aromatic heterocycles. The molecule has 0 saturated carbocycles. The zero-order chi connectivity index (χ0) is 14.4. The van der Waals surface area contributed by atoms with Gasteiger partial charge in [0, 0.05) is 23.9 Å². The molecule has 4 nitrogen and oxygen atoms in total. The Kier molecular flexibility index (Phi) is 7.28. The van der Waals surface area contributed by atoms with Crippen LogP contribution in [0.4, 0.5) is 9.52 Å². The van der Waals surface area contributed by atoms with Crippen molar-refractivity contribution in [2.24, 2.45) is 5.73 Å². The molecule has 1 heterocycles. The predicted octanol–water partition coefficient (Wildman–Crippen LogP) is 2.97. The molecule has 0 fully saturated rings. The number of carbonyl (C=O) groups is 1. The summed E-state index contributed by atoms with van der Waals surface area (Å²) in [6, 6.07) is 6.64. The second kappa shape index (κ2) is 8.71. The van der Waals surface area contributed by atoms with Gasteiger partial charge in [0.25, 0.3) is 0 Å². The fourth-order valence-electron chi connectivity index (χ4n) is 1.72. The first-order chi connectivity index (χ1) is 9.69. The highest BCUT2D eigenvalue weighted by atomic mass is 35.5. The third kappa shape index (κ3) is 5.41. The van der Waals surface area contributed by atoms with Crippen molar-refractivity contribution in [2.45, 2.75) is 19.3 Å². The van der Waals surface area contributed by atoms with Crippen LogP contribution in [0, 0.1) is 5.82 Å². The summed E-state index contributed by atoms with van der Waals surface area (Å²) in [5, 5.41) is 3.26. The third-order valence-corrected chi connectivity index (χ3v) is 3.64. The molecule has 0 aliphatic carbocycles. The highest BCUT2D eigenvalue weighted by Gasteiger charge is 2.08. The van der Waals surface area contributed by atoms with Gasteiger partial charge in [-0.2, -0.15) is 0 Å². The summed E-state index contributed by atoms with van der Waals surface area (Å²) in [7, 11) is 0. The maximum Gasteiger partial charge on any atom is 0.226 e. The van der Waals surface area contributed by atoms with E-state index in [1.807, 2.05) is 0 Å². The fourth-order valence-corrected chi connectivity index (χ4v) is 2.57. The van der Waals surface area contributed by atoms with E-state index >= 15 is 0 Å². The number of hydrogen-bond acceptors (Lipinski definition) is 4. The zero-order valence-electron chi connectivity index (χ0n) is 11.3. The molecule has 0 bridgehead atoms. The van der Waals surface area contributed by atoms with Gasteiger partial charge in [-0.25, -0.2) is 9.37 Å². The third-order valence-electron chi connectivity index (χ3n) is 2.73. The molecule has 114 valence electrons. The van der Waals surface area contributed by atoms with Gasteiger partial charge in [-0.15, -0.1) is 23.7 Å². The van der Waals surface area contributed by atoms with Crippen LogP contribution in [0.2, 0.25) is 0 Å². The predicted molar refractivity (Wildman–Crippen MR) is 85.5 cm³/mol. The SMILES string of the molecule is Cl.NCCCC(=O)Nc1ncc(Cc2ccccc2F)s1. The molecular weight excluding hydrogens is 313 g/mol. The summed E-state index contributed by atoms with van der Waals surface area (Å²) < 4.78 is 13.5. The van der Waals surface area contributed by atoms with Crippen LogP contribution >= 0.6 is 23.7 Å². The fraction of sp³-hybridized carbons (Fsp3) is 0.286. The number of nitrogens with one attached hydrogen (secondary N) is 1. The Bertz CT molecular complexity index is 591. The lowest BCUT2D eigenvalue weighted by Gasteiger charge is -2.00. The minimum absolute atomic E-state index is 0. The van der Waals surface area contributed by atoms with Gasteiger partial charge in [0.1, 0.15) is 5.82 Å². The van der Waals surface area contributed by atoms with Crippen molar-refractivity contribution in [1.82, 2.24) is 4.98 Å². The lowest BCUT2D eigenvalue weighted by molar-refractivity contribution is -0.116. The number of anilines is 1. The van der Waals surface area contributed by atoms with E-state index in [-0.39, 0.29) is 24.1 Å². The normalized spacial score (nSPS) is 10.0. The summed E-state index contributed by atoms with van der Waals surface area (Å²) in [5.74, 6) is -0.323. The maximum absolute atomic E-state index is 13.5. The maximum atomic E-state index is 13.5. The van der Waals surface area contributed by atoms with Gasteiger partial charge in [-0.05, 0) is 24.6 Å². The lowest BCUT2D eigenvalue weighted by Crippen LogP contribution is -2.13. The Morgan fingerprint density at radius 1 is 1.38 bits per heavy atom. The Morgan fingerprint density at radius 3 is 2.86 bits per heavy atom. The lowest BCUT2D eigenvalue weighted by atomic mass is 10.1. The second-order valence-corrected chi connectivity index (χ2v) is 5.46. The molecule has 0 radical (unpaired) electrons. The average molecular weight is 330 g/mol. The molecule has 0 spiro atoms. The van der Waals surface area contributed by atoms with E-state index in [0.29, 0.717) is 36.5 Å². The molecule has 1 amide bonds. The first-order valence-electron chi connectivity index (χ1n) is 6.37. The summed E-state index contributed by atoms with van der Waals surface area (Å²) in [4.78, 5) is 16.6. The highest BCUT2D eigenvalue weighted by Crippen LogP contribution is 2.22. The number of amides is 1. The van der Waals surface area contributed by atoms with Gasteiger partial charge in [0.2, 0.25) is 5.91 Å². The van der Waals surface area contributed by atoms with E-state index in [9.17, 15) is 9.18 Å². The van der Waals surface area contributed by atoms with Crippen molar-refractivity contribution in [3.8, 4) is 0 Å². The molecular formula is C14H17ClFN3OS. The minimum atomic E-state index is -0.227. The van der Waals surface area contributed by atoms with Gasteiger partial charge in [0.15, 0.2) is 5.13 Å². The monoisotopic (exact) mass is 329 g/mol. The molecule has 0 unspecified atom stereocenters. The quantitative estimate of drug-likeness (QED) is 0.856. The standard InChI is InChI=1S/C14H16FN3OS.ClH/c15-12-5-2-1-4-10(12)8-11-9-17-14(20-11)18-13(19)6-3-7-16;/h1-2,4-5,9H,3,6-8,16H2,(H,17,18,19);1H. The molecule has 2 rings (SSSR count). The highest BCUT2D eigenvalue weighted by molar-refractivity contribution is 7.15. The Balaban J connectivity index is 0.00000220. The number of aromatic nitrogens is 1. The number of benzene rings is 1. The minimum Gasteiger partial charge on any atom is -0.330 e. The van der Waals surface area contributed by atoms with Gasteiger partial charge >= 0.3 is 0 Å². The van der Waals surface area contributed by atoms with Crippen LogP contribution in [0.5, 0.6) is 0 Å².